The number of hydrogen-bond acceptors (Lipinski definition) is 2. The summed E-state index contributed by atoms with van der Waals surface area (Å²) in [5.41, 5.74) is 5.62. The molecule has 0 aliphatic carbocycles. The van der Waals surface area contributed by atoms with E-state index in [-0.39, 0.29) is 16.9 Å². The molecule has 4 nitrogen and oxygen atoms in total. The Bertz CT molecular complexity index is 872. The van der Waals surface area contributed by atoms with Crippen LogP contribution in [0.15, 0.2) is 23.0 Å². The first-order chi connectivity index (χ1) is 12.9. The van der Waals surface area contributed by atoms with Gasteiger partial charge in [0, 0.05) is 29.2 Å². The maximum atomic E-state index is 13.2. The summed E-state index contributed by atoms with van der Waals surface area (Å²) >= 11 is 0. The average Bonchev–Trinajstić information content (AvgIpc) is 2.66. The number of nitrogens with zero attached hydrogens (tertiary/aromatic N) is 1. The summed E-state index contributed by atoms with van der Waals surface area (Å²) in [5, 5.41) is 3.06. The molecule has 0 spiro atoms. The predicted octanol–water partition coefficient (Wildman–Crippen LogP) is 4.81. The first kappa shape index (κ1) is 20.9. The van der Waals surface area contributed by atoms with Gasteiger partial charge in [-0.2, -0.15) is 0 Å². The number of carbonyl (C=O) groups is 1. The van der Waals surface area contributed by atoms with Crippen molar-refractivity contribution in [2.24, 2.45) is 0 Å². The van der Waals surface area contributed by atoms with Crippen molar-refractivity contribution >= 4 is 11.6 Å². The number of rotatable bonds is 7. The first-order valence-corrected chi connectivity index (χ1v) is 10.1. The van der Waals surface area contributed by atoms with Crippen LogP contribution in [0.25, 0.3) is 0 Å². The summed E-state index contributed by atoms with van der Waals surface area (Å²) in [6, 6.07) is 6.08. The second-order valence-corrected chi connectivity index (χ2v) is 6.98. The summed E-state index contributed by atoms with van der Waals surface area (Å²) < 4.78 is 2.14. The van der Waals surface area contributed by atoms with Gasteiger partial charge in [-0.15, -0.1) is 0 Å². The van der Waals surface area contributed by atoms with E-state index < -0.39 is 0 Å². The Balaban J connectivity index is 2.60. The van der Waals surface area contributed by atoms with Crippen LogP contribution in [0.3, 0.4) is 0 Å². The van der Waals surface area contributed by atoms with Crippen LogP contribution in [-0.2, 0) is 25.8 Å². The summed E-state index contributed by atoms with van der Waals surface area (Å²) in [4.78, 5) is 26.2. The highest BCUT2D eigenvalue weighted by Crippen LogP contribution is 2.24. The molecule has 0 fully saturated rings. The normalized spacial score (nSPS) is 10.9. The third-order valence-electron chi connectivity index (χ3n) is 5.34. The molecule has 1 amide bonds. The van der Waals surface area contributed by atoms with Crippen LogP contribution < -0.4 is 10.7 Å². The fourth-order valence-electron chi connectivity index (χ4n) is 3.85. The molecule has 0 aliphatic rings. The summed E-state index contributed by atoms with van der Waals surface area (Å²) in [6.07, 6.45) is 3.39. The molecule has 4 heteroatoms. The molecule has 0 saturated carbocycles. The van der Waals surface area contributed by atoms with Gasteiger partial charge in [-0.1, -0.05) is 45.9 Å². The molecule has 0 radical (unpaired) electrons. The zero-order valence-electron chi connectivity index (χ0n) is 17.5. The van der Waals surface area contributed by atoms with Gasteiger partial charge in [0.05, 0.1) is 0 Å². The SMILES string of the molecule is CCCn1c(C)c(C(=O)Nc2c(CC)cccc2CC)c(=O)c(C)c1CC. The number of anilines is 1. The number of para-hydroxylation sites is 1. The molecule has 27 heavy (non-hydrogen) atoms. The van der Waals surface area contributed by atoms with Crippen LogP contribution in [0.4, 0.5) is 5.69 Å². The van der Waals surface area contributed by atoms with Crippen molar-refractivity contribution in [2.75, 3.05) is 5.32 Å². The van der Waals surface area contributed by atoms with Crippen LogP contribution in [0.2, 0.25) is 0 Å². The maximum Gasteiger partial charge on any atom is 0.261 e. The van der Waals surface area contributed by atoms with Crippen molar-refractivity contribution in [3.63, 3.8) is 0 Å². The van der Waals surface area contributed by atoms with Gasteiger partial charge in [0.1, 0.15) is 5.56 Å². The molecule has 1 aromatic heterocycles. The molecule has 0 bridgehead atoms. The Morgan fingerprint density at radius 3 is 2.07 bits per heavy atom. The number of benzene rings is 1. The molecule has 2 aromatic rings. The van der Waals surface area contributed by atoms with Crippen LogP contribution in [0, 0.1) is 13.8 Å². The Kier molecular flexibility index (Phi) is 7.00. The lowest BCUT2D eigenvalue weighted by atomic mass is 10.0. The van der Waals surface area contributed by atoms with E-state index in [1.54, 1.807) is 0 Å². The van der Waals surface area contributed by atoms with Crippen molar-refractivity contribution in [3.8, 4) is 0 Å². The first-order valence-electron chi connectivity index (χ1n) is 10.1. The van der Waals surface area contributed by atoms with E-state index in [2.05, 4.69) is 37.6 Å². The molecule has 1 heterocycles. The number of carbonyl (C=O) groups excluding carboxylic acids is 1. The highest BCUT2D eigenvalue weighted by atomic mass is 16.2. The van der Waals surface area contributed by atoms with Gasteiger partial charge in [0.25, 0.3) is 5.91 Å². The van der Waals surface area contributed by atoms with Crippen LogP contribution in [-0.4, -0.2) is 10.5 Å². The fraction of sp³-hybridized carbons (Fsp3) is 0.478. The number of hydrogen-bond donors (Lipinski definition) is 1. The van der Waals surface area contributed by atoms with Gasteiger partial charge in [-0.3, -0.25) is 9.59 Å². The topological polar surface area (TPSA) is 51.1 Å². The van der Waals surface area contributed by atoms with Gasteiger partial charge >= 0.3 is 0 Å². The fourth-order valence-corrected chi connectivity index (χ4v) is 3.85. The zero-order valence-corrected chi connectivity index (χ0v) is 17.5. The Morgan fingerprint density at radius 2 is 1.59 bits per heavy atom. The van der Waals surface area contributed by atoms with Crippen molar-refractivity contribution < 1.29 is 4.79 Å². The number of aryl methyl sites for hydroxylation is 2. The number of aromatic nitrogens is 1. The maximum absolute atomic E-state index is 13.2. The number of nitrogens with one attached hydrogen (secondary N) is 1. The molecule has 0 aliphatic heterocycles. The Morgan fingerprint density at radius 1 is 1.00 bits per heavy atom. The molecular formula is C23H32N2O2. The van der Waals surface area contributed by atoms with Crippen molar-refractivity contribution in [3.05, 3.63) is 62.1 Å². The molecule has 0 unspecified atom stereocenters. The highest BCUT2D eigenvalue weighted by Gasteiger charge is 2.22. The van der Waals surface area contributed by atoms with Crippen LogP contribution in [0.5, 0.6) is 0 Å². The van der Waals surface area contributed by atoms with E-state index >= 15 is 0 Å². The van der Waals surface area contributed by atoms with Crippen molar-refractivity contribution in [1.29, 1.82) is 0 Å². The summed E-state index contributed by atoms with van der Waals surface area (Å²) in [5.74, 6) is -0.302. The Hall–Kier alpha value is -2.36. The molecule has 1 N–H and O–H groups in total. The predicted molar refractivity (Wildman–Crippen MR) is 113 cm³/mol. The minimum absolute atomic E-state index is 0.152. The third kappa shape index (κ3) is 4.00. The highest BCUT2D eigenvalue weighted by molar-refractivity contribution is 6.06. The molecule has 146 valence electrons. The van der Waals surface area contributed by atoms with Crippen LogP contribution >= 0.6 is 0 Å². The lowest BCUT2D eigenvalue weighted by Crippen LogP contribution is -2.30. The molecule has 2 rings (SSSR count). The van der Waals surface area contributed by atoms with Crippen LogP contribution in [0.1, 0.15) is 72.6 Å². The quantitative estimate of drug-likeness (QED) is 0.762. The van der Waals surface area contributed by atoms with Crippen molar-refractivity contribution in [1.82, 2.24) is 4.57 Å². The number of pyridine rings is 1. The second kappa shape index (κ2) is 9.03. The molecular weight excluding hydrogens is 336 g/mol. The minimum atomic E-state index is -0.302. The van der Waals surface area contributed by atoms with Gasteiger partial charge in [-0.05, 0) is 50.7 Å². The standard InChI is InChI=1S/C23H32N2O2/c1-7-14-25-16(6)20(22(26)15(5)19(25)10-4)23(27)24-21-17(8-2)12-11-13-18(21)9-3/h11-13H,7-10,14H2,1-6H3,(H,24,27). The van der Waals surface area contributed by atoms with Gasteiger partial charge in [0.15, 0.2) is 5.43 Å². The monoisotopic (exact) mass is 368 g/mol. The number of amides is 1. The van der Waals surface area contributed by atoms with E-state index in [0.717, 1.165) is 60.4 Å². The smallest absolute Gasteiger partial charge is 0.261 e. The third-order valence-corrected chi connectivity index (χ3v) is 5.34. The van der Waals surface area contributed by atoms with E-state index in [0.29, 0.717) is 5.56 Å². The van der Waals surface area contributed by atoms with Gasteiger partial charge in [0.2, 0.25) is 0 Å². The average molecular weight is 369 g/mol. The molecule has 0 saturated heterocycles. The van der Waals surface area contributed by atoms with Gasteiger partial charge in [-0.25, -0.2) is 0 Å². The zero-order chi connectivity index (χ0) is 20.1. The largest absolute Gasteiger partial charge is 0.348 e. The summed E-state index contributed by atoms with van der Waals surface area (Å²) in [7, 11) is 0. The lowest BCUT2D eigenvalue weighted by Gasteiger charge is -2.21. The molecule has 1 aromatic carbocycles. The Labute approximate surface area is 162 Å². The van der Waals surface area contributed by atoms with E-state index in [9.17, 15) is 9.59 Å². The van der Waals surface area contributed by atoms with E-state index in [4.69, 9.17) is 0 Å². The summed E-state index contributed by atoms with van der Waals surface area (Å²) in [6.45, 7) is 12.8. The van der Waals surface area contributed by atoms with E-state index in [1.807, 2.05) is 32.0 Å². The van der Waals surface area contributed by atoms with E-state index in [1.165, 1.54) is 0 Å². The molecule has 0 atom stereocenters. The minimum Gasteiger partial charge on any atom is -0.348 e. The van der Waals surface area contributed by atoms with Gasteiger partial charge < -0.3 is 9.88 Å². The second-order valence-electron chi connectivity index (χ2n) is 6.98. The van der Waals surface area contributed by atoms with Crippen molar-refractivity contribution in [2.45, 2.75) is 73.8 Å². The lowest BCUT2D eigenvalue weighted by molar-refractivity contribution is 0.102.